The first-order chi connectivity index (χ1) is 12.7. The molecule has 0 aliphatic carbocycles. The molecule has 0 spiro atoms. The monoisotopic (exact) mass is 417 g/mol. The van der Waals surface area contributed by atoms with E-state index in [0.29, 0.717) is 13.1 Å². The van der Waals surface area contributed by atoms with Crippen LogP contribution in [0.3, 0.4) is 0 Å². The Bertz CT molecular complexity index is 616. The van der Waals surface area contributed by atoms with E-state index in [-0.39, 0.29) is 23.0 Å². The van der Waals surface area contributed by atoms with E-state index in [0.717, 1.165) is 42.9 Å². The minimum absolute atomic E-state index is 0.168. The van der Waals surface area contributed by atoms with Crippen LogP contribution < -0.4 is 0 Å². The molecule has 0 N–H and O–H groups in total. The number of piperidine rings is 1. The molecular weight excluding hydrogens is 389 g/mol. The van der Waals surface area contributed by atoms with Crippen molar-refractivity contribution < 1.29 is 18.7 Å². The van der Waals surface area contributed by atoms with E-state index < -0.39 is 5.60 Å². The number of nitrogens with zero attached hydrogens (tertiary/aromatic N) is 1. The molecule has 1 heterocycles. The maximum atomic E-state index is 13.1. The fourth-order valence-corrected chi connectivity index (χ4v) is 3.94. The largest absolute Gasteiger partial charge is 0.444 e. The number of amides is 1. The van der Waals surface area contributed by atoms with E-state index >= 15 is 0 Å². The van der Waals surface area contributed by atoms with Crippen LogP contribution >= 0.6 is 23.4 Å². The van der Waals surface area contributed by atoms with Crippen LogP contribution in [-0.4, -0.2) is 48.1 Å². The first-order valence-corrected chi connectivity index (χ1v) is 10.8. The smallest absolute Gasteiger partial charge is 0.410 e. The molecule has 0 bridgehead atoms. The molecular formula is C20H29ClFNO3S. The second kappa shape index (κ2) is 10.5. The maximum absolute atomic E-state index is 13.1. The van der Waals surface area contributed by atoms with E-state index in [1.807, 2.05) is 20.8 Å². The number of ether oxygens (including phenoxy) is 2. The van der Waals surface area contributed by atoms with E-state index in [4.69, 9.17) is 21.1 Å². The normalized spacial score (nSPS) is 15.8. The summed E-state index contributed by atoms with van der Waals surface area (Å²) in [5.74, 6) is 0.565. The summed E-state index contributed by atoms with van der Waals surface area (Å²) >= 11 is 7.46. The highest BCUT2D eigenvalue weighted by Crippen LogP contribution is 2.25. The zero-order valence-electron chi connectivity index (χ0n) is 16.3. The van der Waals surface area contributed by atoms with Gasteiger partial charge in [-0.3, -0.25) is 0 Å². The summed E-state index contributed by atoms with van der Waals surface area (Å²) in [6.45, 7) is 7.72. The Balaban J connectivity index is 1.54. The molecule has 1 aliphatic heterocycles. The Labute approximate surface area is 170 Å². The van der Waals surface area contributed by atoms with Crippen molar-refractivity contribution in [1.29, 1.82) is 0 Å². The van der Waals surface area contributed by atoms with Gasteiger partial charge in [0.1, 0.15) is 11.4 Å². The topological polar surface area (TPSA) is 38.8 Å². The van der Waals surface area contributed by atoms with Crippen molar-refractivity contribution in [3.8, 4) is 0 Å². The van der Waals surface area contributed by atoms with Crippen molar-refractivity contribution in [3.05, 3.63) is 29.0 Å². The molecule has 0 atom stereocenters. The van der Waals surface area contributed by atoms with Crippen molar-refractivity contribution in [1.82, 2.24) is 4.90 Å². The first-order valence-electron chi connectivity index (χ1n) is 9.42. The van der Waals surface area contributed by atoms with Gasteiger partial charge in [0.2, 0.25) is 0 Å². The third-order valence-corrected chi connectivity index (χ3v) is 5.52. The summed E-state index contributed by atoms with van der Waals surface area (Å²) in [5, 5.41) is 0.168. The number of likely N-dealkylation sites (tertiary alicyclic amines) is 1. The SMILES string of the molecule is CC(C)(C)OC(=O)N1CCC(OCCCCSc2ccc(F)c(Cl)c2)CC1. The Morgan fingerprint density at radius 1 is 1.30 bits per heavy atom. The Kier molecular flexibility index (Phi) is 8.70. The summed E-state index contributed by atoms with van der Waals surface area (Å²) in [5.41, 5.74) is -0.457. The van der Waals surface area contributed by atoms with Crippen molar-refractivity contribution in [2.75, 3.05) is 25.4 Å². The molecule has 1 amide bonds. The predicted octanol–water partition coefficient (Wildman–Crippen LogP) is 5.77. The van der Waals surface area contributed by atoms with Gasteiger partial charge < -0.3 is 14.4 Å². The summed E-state index contributed by atoms with van der Waals surface area (Å²) in [4.78, 5) is 14.8. The lowest BCUT2D eigenvalue weighted by molar-refractivity contribution is -0.0118. The molecule has 152 valence electrons. The second-order valence-electron chi connectivity index (χ2n) is 7.67. The molecule has 4 nitrogen and oxygen atoms in total. The van der Waals surface area contributed by atoms with Gasteiger partial charge in [-0.1, -0.05) is 11.6 Å². The molecule has 27 heavy (non-hydrogen) atoms. The van der Waals surface area contributed by atoms with E-state index in [9.17, 15) is 9.18 Å². The summed E-state index contributed by atoms with van der Waals surface area (Å²) in [6, 6.07) is 4.81. The molecule has 1 saturated heterocycles. The fourth-order valence-electron chi connectivity index (χ4n) is 2.74. The Morgan fingerprint density at radius 3 is 2.63 bits per heavy atom. The number of benzene rings is 1. The van der Waals surface area contributed by atoms with Crippen LogP contribution in [0, 0.1) is 5.82 Å². The van der Waals surface area contributed by atoms with Gasteiger partial charge in [-0.15, -0.1) is 11.8 Å². The summed E-state index contributed by atoms with van der Waals surface area (Å²) in [6.07, 6.45) is 3.68. The minimum Gasteiger partial charge on any atom is -0.444 e. The third-order valence-electron chi connectivity index (χ3n) is 4.15. The summed E-state index contributed by atoms with van der Waals surface area (Å²) in [7, 11) is 0. The van der Waals surface area contributed by atoms with Gasteiger partial charge in [0.25, 0.3) is 0 Å². The molecule has 0 aromatic heterocycles. The molecule has 0 unspecified atom stereocenters. The van der Waals surface area contributed by atoms with Crippen LogP contribution in [0.1, 0.15) is 46.5 Å². The van der Waals surface area contributed by atoms with Crippen LogP contribution in [0.25, 0.3) is 0 Å². The van der Waals surface area contributed by atoms with Crippen molar-refractivity contribution in [2.24, 2.45) is 0 Å². The van der Waals surface area contributed by atoms with Crippen molar-refractivity contribution in [2.45, 2.75) is 63.1 Å². The van der Waals surface area contributed by atoms with Gasteiger partial charge >= 0.3 is 6.09 Å². The molecule has 1 aromatic rings. The molecule has 1 aromatic carbocycles. The molecule has 2 rings (SSSR count). The zero-order chi connectivity index (χ0) is 19.9. The van der Waals surface area contributed by atoms with Crippen molar-refractivity contribution in [3.63, 3.8) is 0 Å². The van der Waals surface area contributed by atoms with Gasteiger partial charge in [-0.2, -0.15) is 0 Å². The van der Waals surface area contributed by atoms with Crippen LogP contribution in [0.2, 0.25) is 5.02 Å². The minimum atomic E-state index is -0.457. The third kappa shape index (κ3) is 8.28. The second-order valence-corrected chi connectivity index (χ2v) is 9.24. The van der Waals surface area contributed by atoms with Gasteiger partial charge in [0.15, 0.2) is 0 Å². The molecule has 1 fully saturated rings. The molecule has 0 radical (unpaired) electrons. The maximum Gasteiger partial charge on any atom is 0.410 e. The van der Waals surface area contributed by atoms with Crippen LogP contribution in [0.4, 0.5) is 9.18 Å². The lowest BCUT2D eigenvalue weighted by atomic mass is 10.1. The van der Waals surface area contributed by atoms with Gasteiger partial charge in [-0.05, 0) is 70.4 Å². The lowest BCUT2D eigenvalue weighted by Gasteiger charge is -2.33. The van der Waals surface area contributed by atoms with Crippen LogP contribution in [-0.2, 0) is 9.47 Å². The average molecular weight is 418 g/mol. The number of hydrogen-bond acceptors (Lipinski definition) is 4. The molecule has 7 heteroatoms. The van der Waals surface area contributed by atoms with Crippen LogP contribution in [0.15, 0.2) is 23.1 Å². The average Bonchev–Trinajstić information content (AvgIpc) is 2.60. The number of halogens is 2. The number of unbranched alkanes of at least 4 members (excludes halogenated alkanes) is 1. The first kappa shape index (κ1) is 22.3. The Morgan fingerprint density at radius 2 is 2.00 bits per heavy atom. The van der Waals surface area contributed by atoms with Crippen LogP contribution in [0.5, 0.6) is 0 Å². The number of carbonyl (C=O) groups excluding carboxylic acids is 1. The number of hydrogen-bond donors (Lipinski definition) is 0. The highest BCUT2D eigenvalue weighted by Gasteiger charge is 2.26. The fraction of sp³-hybridized carbons (Fsp3) is 0.650. The highest BCUT2D eigenvalue weighted by molar-refractivity contribution is 7.99. The van der Waals surface area contributed by atoms with Gasteiger partial charge in [0, 0.05) is 24.6 Å². The standard InChI is InChI=1S/C20H29ClFNO3S/c1-20(2,3)26-19(24)23-10-8-15(9-11-23)25-12-4-5-13-27-16-6-7-18(22)17(21)14-16/h6-7,14-15H,4-5,8-13H2,1-3H3. The highest BCUT2D eigenvalue weighted by atomic mass is 35.5. The van der Waals surface area contributed by atoms with Gasteiger partial charge in [0.05, 0.1) is 11.1 Å². The number of rotatable bonds is 7. The van der Waals surface area contributed by atoms with Crippen molar-refractivity contribution >= 4 is 29.5 Å². The van der Waals surface area contributed by atoms with E-state index in [2.05, 4.69) is 0 Å². The lowest BCUT2D eigenvalue weighted by Crippen LogP contribution is -2.43. The number of carbonyl (C=O) groups is 1. The van der Waals surface area contributed by atoms with E-state index in [1.54, 1.807) is 28.8 Å². The molecule has 1 aliphatic rings. The van der Waals surface area contributed by atoms with Gasteiger partial charge in [-0.25, -0.2) is 9.18 Å². The zero-order valence-corrected chi connectivity index (χ0v) is 17.9. The predicted molar refractivity (Wildman–Crippen MR) is 108 cm³/mol. The van der Waals surface area contributed by atoms with E-state index in [1.165, 1.54) is 6.07 Å². The number of thioether (sulfide) groups is 1. The quantitative estimate of drug-likeness (QED) is 0.417. The molecule has 0 saturated carbocycles. The Hall–Kier alpha value is -0.980. The summed E-state index contributed by atoms with van der Waals surface area (Å²) < 4.78 is 24.5.